The zero-order chi connectivity index (χ0) is 20.8. The minimum atomic E-state index is -0.339. The van der Waals surface area contributed by atoms with E-state index in [-0.39, 0.29) is 29.2 Å². The predicted molar refractivity (Wildman–Crippen MR) is 104 cm³/mol. The molecule has 2 aromatic rings. The Morgan fingerprint density at radius 2 is 1.93 bits per heavy atom. The van der Waals surface area contributed by atoms with Gasteiger partial charge >= 0.3 is 0 Å². The third-order valence-corrected chi connectivity index (χ3v) is 5.15. The van der Waals surface area contributed by atoms with Crippen LogP contribution in [0.2, 0.25) is 0 Å². The second-order valence-corrected chi connectivity index (χ2v) is 7.12. The first-order valence-electron chi connectivity index (χ1n) is 9.75. The molecule has 9 heteroatoms. The minimum absolute atomic E-state index is 0.0339. The lowest BCUT2D eigenvalue weighted by atomic mass is 9.95. The van der Waals surface area contributed by atoms with Gasteiger partial charge in [-0.1, -0.05) is 5.21 Å². The van der Waals surface area contributed by atoms with Crippen LogP contribution >= 0.6 is 0 Å². The first-order valence-corrected chi connectivity index (χ1v) is 9.75. The molecule has 0 atom stereocenters. The number of ether oxygens (including phenoxy) is 1. The van der Waals surface area contributed by atoms with Crippen LogP contribution < -0.4 is 5.32 Å². The van der Waals surface area contributed by atoms with Gasteiger partial charge in [0, 0.05) is 39.3 Å². The maximum Gasteiger partial charge on any atom is 0.276 e. The molecule has 8 nitrogen and oxygen atoms in total. The van der Waals surface area contributed by atoms with Gasteiger partial charge in [-0.05, 0) is 50.5 Å². The zero-order valence-electron chi connectivity index (χ0n) is 16.7. The molecule has 1 fully saturated rings. The van der Waals surface area contributed by atoms with Crippen LogP contribution in [0.5, 0.6) is 0 Å². The molecule has 156 valence electrons. The van der Waals surface area contributed by atoms with Crippen LogP contribution in [0.4, 0.5) is 4.39 Å². The van der Waals surface area contributed by atoms with Gasteiger partial charge in [0.15, 0.2) is 5.69 Å². The third kappa shape index (κ3) is 4.97. The molecular weight excluding hydrogens is 377 g/mol. The maximum atomic E-state index is 13.1. The first kappa shape index (κ1) is 20.9. The van der Waals surface area contributed by atoms with Crippen LogP contribution in [0, 0.1) is 18.7 Å². The summed E-state index contributed by atoms with van der Waals surface area (Å²) >= 11 is 0. The van der Waals surface area contributed by atoms with Gasteiger partial charge in [0.1, 0.15) is 5.82 Å². The number of hydrogen-bond donors (Lipinski definition) is 1. The quantitative estimate of drug-likeness (QED) is 0.711. The molecule has 0 bridgehead atoms. The summed E-state index contributed by atoms with van der Waals surface area (Å²) < 4.78 is 19.6. The number of likely N-dealkylation sites (tertiary alicyclic amines) is 1. The molecule has 3 rings (SSSR count). The average molecular weight is 403 g/mol. The molecule has 0 unspecified atom stereocenters. The van der Waals surface area contributed by atoms with E-state index in [1.807, 2.05) is 0 Å². The van der Waals surface area contributed by atoms with Gasteiger partial charge in [-0.2, -0.15) is 0 Å². The topological polar surface area (TPSA) is 89.3 Å². The summed E-state index contributed by atoms with van der Waals surface area (Å²) in [5.41, 5.74) is 1.51. The Morgan fingerprint density at radius 1 is 1.24 bits per heavy atom. The largest absolute Gasteiger partial charge is 0.385 e. The Balaban J connectivity index is 1.57. The molecule has 0 aliphatic carbocycles. The highest BCUT2D eigenvalue weighted by Crippen LogP contribution is 2.20. The Bertz CT molecular complexity index is 844. The number of hydrogen-bond acceptors (Lipinski definition) is 5. The summed E-state index contributed by atoms with van der Waals surface area (Å²) in [5.74, 6) is -0.590. The summed E-state index contributed by atoms with van der Waals surface area (Å²) in [5, 5.41) is 11.0. The molecule has 1 aromatic heterocycles. The number of amides is 2. The van der Waals surface area contributed by atoms with Gasteiger partial charge < -0.3 is 15.0 Å². The molecule has 1 saturated heterocycles. The van der Waals surface area contributed by atoms with Crippen LogP contribution in [0.1, 0.15) is 35.4 Å². The van der Waals surface area contributed by atoms with E-state index in [1.165, 1.54) is 16.8 Å². The number of halogens is 1. The molecule has 0 radical (unpaired) electrons. The van der Waals surface area contributed by atoms with Crippen LogP contribution in [0.15, 0.2) is 24.3 Å². The zero-order valence-corrected chi connectivity index (χ0v) is 16.7. The van der Waals surface area contributed by atoms with Gasteiger partial charge in [-0.3, -0.25) is 9.59 Å². The summed E-state index contributed by atoms with van der Waals surface area (Å²) in [6.07, 6.45) is 2.02. The lowest BCUT2D eigenvalue weighted by molar-refractivity contribution is -0.126. The first-order chi connectivity index (χ1) is 14.0. The number of nitrogens with zero attached hydrogens (tertiary/aromatic N) is 4. The number of nitrogens with one attached hydrogen (secondary N) is 1. The summed E-state index contributed by atoms with van der Waals surface area (Å²) in [7, 11) is 1.63. The van der Waals surface area contributed by atoms with E-state index in [0.717, 1.165) is 6.42 Å². The van der Waals surface area contributed by atoms with Crippen molar-refractivity contribution in [3.63, 3.8) is 0 Å². The van der Waals surface area contributed by atoms with Crippen LogP contribution in [-0.2, 0) is 9.53 Å². The van der Waals surface area contributed by atoms with Gasteiger partial charge in [-0.15, -0.1) is 5.10 Å². The van der Waals surface area contributed by atoms with Crippen molar-refractivity contribution in [3.05, 3.63) is 41.5 Å². The molecule has 1 N–H and O–H groups in total. The molecule has 29 heavy (non-hydrogen) atoms. The molecule has 1 aromatic carbocycles. The fraction of sp³-hybridized carbons (Fsp3) is 0.500. The monoisotopic (exact) mass is 403 g/mol. The van der Waals surface area contributed by atoms with Gasteiger partial charge in [0.25, 0.3) is 5.91 Å². The van der Waals surface area contributed by atoms with E-state index < -0.39 is 0 Å². The highest BCUT2D eigenvalue weighted by atomic mass is 19.1. The van der Waals surface area contributed by atoms with Gasteiger partial charge in [-0.25, -0.2) is 9.07 Å². The molecule has 0 saturated carbocycles. The van der Waals surface area contributed by atoms with Crippen molar-refractivity contribution in [3.8, 4) is 5.69 Å². The van der Waals surface area contributed by atoms with E-state index in [0.29, 0.717) is 50.5 Å². The Hall–Kier alpha value is -2.81. The van der Waals surface area contributed by atoms with Gasteiger partial charge in [0.2, 0.25) is 5.91 Å². The van der Waals surface area contributed by atoms with Crippen LogP contribution in [-0.4, -0.2) is 65.1 Å². The smallest absolute Gasteiger partial charge is 0.276 e. The number of rotatable bonds is 7. The highest BCUT2D eigenvalue weighted by Gasteiger charge is 2.30. The second kappa shape index (κ2) is 9.60. The minimum Gasteiger partial charge on any atom is -0.385 e. The SMILES string of the molecule is COCCCNC(=O)C1CCN(C(=O)c2nnn(-c3ccc(F)cc3)c2C)CC1. The standard InChI is InChI=1S/C20H26FN5O3/c1-14-18(23-24-26(14)17-6-4-16(21)5-7-17)20(28)25-11-8-15(9-12-25)19(27)22-10-3-13-29-2/h4-7,15H,3,8-13H2,1-2H3,(H,22,27). The molecule has 1 aliphatic rings. The maximum absolute atomic E-state index is 13.1. The van der Waals surface area contributed by atoms with E-state index in [9.17, 15) is 14.0 Å². The van der Waals surface area contributed by atoms with Crippen molar-refractivity contribution < 1.29 is 18.7 Å². The van der Waals surface area contributed by atoms with Crippen molar-refractivity contribution in [2.45, 2.75) is 26.2 Å². The summed E-state index contributed by atoms with van der Waals surface area (Å²) in [6, 6.07) is 5.84. The number of carbonyl (C=O) groups excluding carboxylic acids is 2. The van der Waals surface area contributed by atoms with Crippen molar-refractivity contribution in [1.29, 1.82) is 0 Å². The summed E-state index contributed by atoms with van der Waals surface area (Å²) in [4.78, 5) is 26.8. The molecular formula is C20H26FN5O3. The van der Waals surface area contributed by atoms with Crippen LogP contribution in [0.3, 0.4) is 0 Å². The van der Waals surface area contributed by atoms with E-state index in [1.54, 1.807) is 31.1 Å². The van der Waals surface area contributed by atoms with Crippen molar-refractivity contribution >= 4 is 11.8 Å². The van der Waals surface area contributed by atoms with Crippen LogP contribution in [0.25, 0.3) is 5.69 Å². The van der Waals surface area contributed by atoms with E-state index >= 15 is 0 Å². The fourth-order valence-electron chi connectivity index (χ4n) is 3.42. The Labute approximate surface area is 169 Å². The number of methoxy groups -OCH3 is 1. The number of benzene rings is 1. The highest BCUT2D eigenvalue weighted by molar-refractivity contribution is 5.93. The molecule has 2 heterocycles. The second-order valence-electron chi connectivity index (χ2n) is 7.12. The van der Waals surface area contributed by atoms with E-state index in [2.05, 4.69) is 15.6 Å². The summed E-state index contributed by atoms with van der Waals surface area (Å²) in [6.45, 7) is 3.97. The predicted octanol–water partition coefficient (Wildman–Crippen LogP) is 1.72. The lowest BCUT2D eigenvalue weighted by Crippen LogP contribution is -2.43. The molecule has 0 spiro atoms. The fourth-order valence-corrected chi connectivity index (χ4v) is 3.42. The normalized spacial score (nSPS) is 14.8. The number of piperidine rings is 1. The number of carbonyl (C=O) groups is 2. The number of aromatic nitrogens is 3. The average Bonchev–Trinajstić information content (AvgIpc) is 3.12. The molecule has 1 aliphatic heterocycles. The van der Waals surface area contributed by atoms with Crippen molar-refractivity contribution in [1.82, 2.24) is 25.2 Å². The third-order valence-electron chi connectivity index (χ3n) is 5.15. The lowest BCUT2D eigenvalue weighted by Gasteiger charge is -2.31. The van der Waals surface area contributed by atoms with E-state index in [4.69, 9.17) is 4.74 Å². The Kier molecular flexibility index (Phi) is 6.92. The molecule has 2 amide bonds. The van der Waals surface area contributed by atoms with Crippen molar-refractivity contribution in [2.75, 3.05) is 33.4 Å². The van der Waals surface area contributed by atoms with Crippen molar-refractivity contribution in [2.24, 2.45) is 5.92 Å². The van der Waals surface area contributed by atoms with Gasteiger partial charge in [0.05, 0.1) is 11.4 Å². The Morgan fingerprint density at radius 3 is 2.59 bits per heavy atom.